The summed E-state index contributed by atoms with van der Waals surface area (Å²) in [6.45, 7) is 2.95. The minimum Gasteiger partial charge on any atom is -0.387 e. The second-order valence-corrected chi connectivity index (χ2v) is 5.63. The van der Waals surface area contributed by atoms with Gasteiger partial charge in [-0.05, 0) is 42.0 Å². The summed E-state index contributed by atoms with van der Waals surface area (Å²) in [5.41, 5.74) is 10.9. The minimum atomic E-state index is -0.365. The van der Waals surface area contributed by atoms with E-state index in [4.69, 9.17) is 5.73 Å². The van der Waals surface area contributed by atoms with E-state index in [1.54, 1.807) is 0 Å². The molecule has 1 aliphatic rings. The molecule has 0 unspecified atom stereocenters. The first kappa shape index (κ1) is 14.4. The lowest BCUT2D eigenvalue weighted by Gasteiger charge is -2.14. The first-order valence-electron chi connectivity index (χ1n) is 7.64. The van der Waals surface area contributed by atoms with Crippen LogP contribution < -0.4 is 11.1 Å². The molecule has 0 saturated heterocycles. The number of amides is 1. The largest absolute Gasteiger partial charge is 0.387 e. The Morgan fingerprint density at radius 2 is 2.23 bits per heavy atom. The molecule has 0 spiro atoms. The summed E-state index contributed by atoms with van der Waals surface area (Å²) in [4.78, 5) is 11.8. The van der Waals surface area contributed by atoms with Crippen LogP contribution in [-0.2, 0) is 13.5 Å². The van der Waals surface area contributed by atoms with Gasteiger partial charge in [0.25, 0.3) is 0 Å². The standard InChI is InChI=1S/C18H21N3O/c1-3-6-13-16-14(18(19)22)8-4-9-15(16)21(2)17(13)12-7-5-10-20-11-12/h4-5,7-10,20H,3,6,11H2,1-2H3,(H2,19,22). The predicted molar refractivity (Wildman–Crippen MR) is 90.6 cm³/mol. The van der Waals surface area contributed by atoms with Crippen LogP contribution in [0.1, 0.15) is 35.0 Å². The molecular weight excluding hydrogens is 274 g/mol. The summed E-state index contributed by atoms with van der Waals surface area (Å²) in [7, 11) is 2.06. The van der Waals surface area contributed by atoms with Crippen molar-refractivity contribution in [3.63, 3.8) is 0 Å². The maximum atomic E-state index is 11.8. The molecule has 0 aliphatic carbocycles. The molecule has 4 heteroatoms. The van der Waals surface area contributed by atoms with Crippen molar-refractivity contribution in [1.82, 2.24) is 9.88 Å². The van der Waals surface area contributed by atoms with Crippen LogP contribution in [0.25, 0.3) is 16.5 Å². The lowest BCUT2D eigenvalue weighted by atomic mass is 9.97. The van der Waals surface area contributed by atoms with Gasteiger partial charge in [-0.3, -0.25) is 4.79 Å². The number of carbonyl (C=O) groups excluding carboxylic acids is 1. The molecule has 1 amide bonds. The lowest BCUT2D eigenvalue weighted by molar-refractivity contribution is 0.100. The first-order valence-corrected chi connectivity index (χ1v) is 7.64. The average Bonchev–Trinajstić information content (AvgIpc) is 2.81. The van der Waals surface area contributed by atoms with Gasteiger partial charge < -0.3 is 15.6 Å². The zero-order chi connectivity index (χ0) is 15.7. The zero-order valence-corrected chi connectivity index (χ0v) is 13.0. The monoisotopic (exact) mass is 295 g/mol. The lowest BCUT2D eigenvalue weighted by Crippen LogP contribution is -2.14. The topological polar surface area (TPSA) is 60.1 Å². The fourth-order valence-electron chi connectivity index (χ4n) is 3.31. The molecule has 2 aromatic rings. The Kier molecular flexibility index (Phi) is 3.75. The van der Waals surface area contributed by atoms with Crippen LogP contribution in [0.2, 0.25) is 0 Å². The van der Waals surface area contributed by atoms with Crippen LogP contribution in [0.4, 0.5) is 0 Å². The van der Waals surface area contributed by atoms with Gasteiger partial charge >= 0.3 is 0 Å². The third-order valence-corrected chi connectivity index (χ3v) is 4.20. The van der Waals surface area contributed by atoms with E-state index >= 15 is 0 Å². The Balaban J connectivity index is 2.36. The van der Waals surface area contributed by atoms with Crippen LogP contribution in [-0.4, -0.2) is 17.0 Å². The van der Waals surface area contributed by atoms with Gasteiger partial charge in [-0.2, -0.15) is 0 Å². The molecule has 0 fully saturated rings. The molecule has 1 aromatic heterocycles. The number of nitrogens with one attached hydrogen (secondary N) is 1. The summed E-state index contributed by atoms with van der Waals surface area (Å²) in [6.07, 6.45) is 8.04. The van der Waals surface area contributed by atoms with E-state index in [1.807, 2.05) is 24.4 Å². The summed E-state index contributed by atoms with van der Waals surface area (Å²) in [5, 5.41) is 4.26. The van der Waals surface area contributed by atoms with Crippen LogP contribution in [0.3, 0.4) is 0 Å². The number of aryl methyl sites for hydroxylation is 2. The molecule has 0 atom stereocenters. The molecule has 0 saturated carbocycles. The van der Waals surface area contributed by atoms with Crippen molar-refractivity contribution in [2.75, 3.05) is 6.54 Å². The average molecular weight is 295 g/mol. The SMILES string of the molecule is CCCc1c(C2=CC=CNC2)n(C)c2cccc(C(N)=O)c12. The summed E-state index contributed by atoms with van der Waals surface area (Å²) in [6, 6.07) is 5.77. The number of fused-ring (bicyclic) bond motifs is 1. The molecule has 114 valence electrons. The fraction of sp³-hybridized carbons (Fsp3) is 0.278. The minimum absolute atomic E-state index is 0.365. The number of hydrogen-bond acceptors (Lipinski definition) is 2. The highest BCUT2D eigenvalue weighted by molar-refractivity contribution is 6.08. The number of rotatable bonds is 4. The van der Waals surface area contributed by atoms with Crippen molar-refractivity contribution in [3.05, 3.63) is 53.4 Å². The Morgan fingerprint density at radius 1 is 1.41 bits per heavy atom. The fourth-order valence-corrected chi connectivity index (χ4v) is 3.31. The summed E-state index contributed by atoms with van der Waals surface area (Å²) < 4.78 is 2.18. The molecule has 0 radical (unpaired) electrons. The van der Waals surface area contributed by atoms with Crippen molar-refractivity contribution >= 4 is 22.4 Å². The van der Waals surface area contributed by atoms with Gasteiger partial charge in [0.1, 0.15) is 0 Å². The van der Waals surface area contributed by atoms with Gasteiger partial charge in [0.2, 0.25) is 5.91 Å². The summed E-state index contributed by atoms with van der Waals surface area (Å²) >= 11 is 0. The Bertz CT molecular complexity index is 796. The van der Waals surface area contributed by atoms with Crippen molar-refractivity contribution in [3.8, 4) is 0 Å². The highest BCUT2D eigenvalue weighted by Gasteiger charge is 2.21. The highest BCUT2D eigenvalue weighted by Crippen LogP contribution is 2.33. The molecule has 0 bridgehead atoms. The van der Waals surface area contributed by atoms with E-state index in [9.17, 15) is 4.79 Å². The highest BCUT2D eigenvalue weighted by atomic mass is 16.1. The third-order valence-electron chi connectivity index (χ3n) is 4.20. The molecule has 4 nitrogen and oxygen atoms in total. The van der Waals surface area contributed by atoms with Crippen molar-refractivity contribution in [2.45, 2.75) is 19.8 Å². The molecule has 3 rings (SSSR count). The van der Waals surface area contributed by atoms with Crippen LogP contribution >= 0.6 is 0 Å². The Morgan fingerprint density at radius 3 is 2.86 bits per heavy atom. The van der Waals surface area contributed by atoms with Crippen LogP contribution in [0.5, 0.6) is 0 Å². The van der Waals surface area contributed by atoms with Gasteiger partial charge in [0.15, 0.2) is 0 Å². The van der Waals surface area contributed by atoms with Gasteiger partial charge in [-0.1, -0.05) is 25.5 Å². The van der Waals surface area contributed by atoms with Crippen molar-refractivity contribution in [2.24, 2.45) is 12.8 Å². The number of allylic oxidation sites excluding steroid dienone is 2. The van der Waals surface area contributed by atoms with Crippen LogP contribution in [0.15, 0.2) is 36.6 Å². The van der Waals surface area contributed by atoms with Crippen LogP contribution in [0, 0.1) is 0 Å². The number of nitrogens with two attached hydrogens (primary N) is 1. The number of primary amides is 1. The number of aromatic nitrogens is 1. The second kappa shape index (κ2) is 5.72. The van der Waals surface area contributed by atoms with Gasteiger partial charge in [-0.25, -0.2) is 0 Å². The van der Waals surface area contributed by atoms with Crippen molar-refractivity contribution < 1.29 is 4.79 Å². The quantitative estimate of drug-likeness (QED) is 0.911. The van der Waals surface area contributed by atoms with Gasteiger partial charge in [-0.15, -0.1) is 0 Å². The normalized spacial score (nSPS) is 14.0. The molecule has 2 heterocycles. The zero-order valence-electron chi connectivity index (χ0n) is 13.0. The predicted octanol–water partition coefficient (Wildman–Crippen LogP) is 2.73. The van der Waals surface area contributed by atoms with E-state index in [-0.39, 0.29) is 5.91 Å². The number of carbonyl (C=O) groups is 1. The molecule has 1 aromatic carbocycles. The van der Waals surface area contributed by atoms with Gasteiger partial charge in [0, 0.05) is 35.8 Å². The number of hydrogen-bond donors (Lipinski definition) is 2. The van der Waals surface area contributed by atoms with E-state index in [2.05, 4.69) is 36.0 Å². The number of nitrogens with zero attached hydrogens (tertiary/aromatic N) is 1. The maximum Gasteiger partial charge on any atom is 0.249 e. The first-order chi connectivity index (χ1) is 10.6. The maximum absolute atomic E-state index is 11.8. The Hall–Kier alpha value is -2.49. The van der Waals surface area contributed by atoms with E-state index in [1.165, 1.54) is 16.8 Å². The number of benzene rings is 1. The molecule has 3 N–H and O–H groups in total. The molecule has 22 heavy (non-hydrogen) atoms. The van der Waals surface area contributed by atoms with Gasteiger partial charge in [0.05, 0.1) is 0 Å². The van der Waals surface area contributed by atoms with E-state index < -0.39 is 0 Å². The second-order valence-electron chi connectivity index (χ2n) is 5.63. The van der Waals surface area contributed by atoms with Crippen molar-refractivity contribution in [1.29, 1.82) is 0 Å². The summed E-state index contributed by atoms with van der Waals surface area (Å²) in [5.74, 6) is -0.365. The molecule has 1 aliphatic heterocycles. The number of dihydropyridines is 1. The van der Waals surface area contributed by atoms with E-state index in [0.29, 0.717) is 5.56 Å². The smallest absolute Gasteiger partial charge is 0.249 e. The third kappa shape index (κ3) is 2.21. The Labute approximate surface area is 130 Å². The van der Waals surface area contributed by atoms with E-state index in [0.717, 1.165) is 30.3 Å². The molecular formula is C18H21N3O.